The van der Waals surface area contributed by atoms with Crippen LogP contribution < -0.4 is 10.9 Å². The molecule has 1 aliphatic carbocycles. The third-order valence-electron chi connectivity index (χ3n) is 5.29. The Morgan fingerprint density at radius 1 is 1.32 bits per heavy atom. The highest BCUT2D eigenvalue weighted by atomic mass is 16.2. The molecule has 0 aliphatic heterocycles. The summed E-state index contributed by atoms with van der Waals surface area (Å²) >= 11 is 0. The first-order chi connectivity index (χ1) is 13.6. The number of rotatable bonds is 5. The summed E-state index contributed by atoms with van der Waals surface area (Å²) in [7, 11) is 0. The molecule has 28 heavy (non-hydrogen) atoms. The van der Waals surface area contributed by atoms with Crippen LogP contribution in [0.3, 0.4) is 0 Å². The quantitative estimate of drug-likeness (QED) is 0.597. The summed E-state index contributed by atoms with van der Waals surface area (Å²) in [6.07, 6.45) is 9.25. The second kappa shape index (κ2) is 7.84. The number of hydrogen-bond donors (Lipinski definition) is 3. The Labute approximate surface area is 163 Å². The van der Waals surface area contributed by atoms with Gasteiger partial charge in [-0.05, 0) is 37.8 Å². The highest BCUT2D eigenvalue weighted by molar-refractivity contribution is 5.83. The minimum Gasteiger partial charge on any atom is -0.361 e. The van der Waals surface area contributed by atoms with E-state index in [1.165, 1.54) is 6.07 Å². The van der Waals surface area contributed by atoms with Gasteiger partial charge in [0.2, 0.25) is 5.91 Å². The molecule has 0 saturated carbocycles. The summed E-state index contributed by atoms with van der Waals surface area (Å²) in [4.78, 5) is 35.3. The predicted octanol–water partition coefficient (Wildman–Crippen LogP) is 3.32. The van der Waals surface area contributed by atoms with Gasteiger partial charge in [0.15, 0.2) is 0 Å². The molecule has 2 atom stereocenters. The Hall–Kier alpha value is -3.15. The van der Waals surface area contributed by atoms with Crippen LogP contribution in [-0.2, 0) is 11.2 Å². The Balaban J connectivity index is 1.65. The van der Waals surface area contributed by atoms with Crippen molar-refractivity contribution in [1.29, 1.82) is 0 Å². The SMILES string of the molecule is Cc1nc([C@@H](Cc2c[nH]c3ccccc23)NC(=O)[C@H]2CC=CCC2)cc(=O)[nH]1. The maximum atomic E-state index is 12.9. The molecule has 1 amide bonds. The Kier molecular flexibility index (Phi) is 5.10. The van der Waals surface area contributed by atoms with Gasteiger partial charge in [0.05, 0.1) is 11.7 Å². The van der Waals surface area contributed by atoms with E-state index in [9.17, 15) is 9.59 Å². The van der Waals surface area contributed by atoms with Gasteiger partial charge in [-0.3, -0.25) is 9.59 Å². The second-order valence-electron chi connectivity index (χ2n) is 7.36. The normalized spacial score (nSPS) is 17.5. The first-order valence-corrected chi connectivity index (χ1v) is 9.68. The summed E-state index contributed by atoms with van der Waals surface area (Å²) in [6.45, 7) is 1.75. The fourth-order valence-electron chi connectivity index (χ4n) is 3.85. The van der Waals surface area contributed by atoms with Crippen molar-refractivity contribution in [3.8, 4) is 0 Å². The zero-order chi connectivity index (χ0) is 19.5. The Morgan fingerprint density at radius 3 is 2.96 bits per heavy atom. The van der Waals surface area contributed by atoms with Crippen molar-refractivity contribution >= 4 is 16.8 Å². The third kappa shape index (κ3) is 3.91. The van der Waals surface area contributed by atoms with Crippen LogP contribution in [0.2, 0.25) is 0 Å². The van der Waals surface area contributed by atoms with Crippen molar-refractivity contribution in [3.05, 3.63) is 76.1 Å². The number of para-hydroxylation sites is 1. The van der Waals surface area contributed by atoms with E-state index in [-0.39, 0.29) is 23.4 Å². The molecular formula is C22H24N4O2. The number of allylic oxidation sites excluding steroid dienone is 2. The number of hydrogen-bond acceptors (Lipinski definition) is 3. The minimum absolute atomic E-state index is 0.0222. The monoisotopic (exact) mass is 376 g/mol. The van der Waals surface area contributed by atoms with E-state index in [0.29, 0.717) is 17.9 Å². The van der Waals surface area contributed by atoms with Crippen molar-refractivity contribution in [2.24, 2.45) is 5.92 Å². The molecule has 3 N–H and O–H groups in total. The van der Waals surface area contributed by atoms with Gasteiger partial charge >= 0.3 is 0 Å². The van der Waals surface area contributed by atoms with Crippen molar-refractivity contribution in [2.45, 2.75) is 38.6 Å². The van der Waals surface area contributed by atoms with Crippen molar-refractivity contribution < 1.29 is 4.79 Å². The highest BCUT2D eigenvalue weighted by Gasteiger charge is 2.24. The van der Waals surface area contributed by atoms with Gasteiger partial charge in [0.25, 0.3) is 5.56 Å². The number of amides is 1. The van der Waals surface area contributed by atoms with Gasteiger partial charge in [-0.25, -0.2) is 4.98 Å². The maximum absolute atomic E-state index is 12.9. The average Bonchev–Trinajstić information content (AvgIpc) is 3.10. The summed E-state index contributed by atoms with van der Waals surface area (Å²) in [5.41, 5.74) is 2.52. The lowest BCUT2D eigenvalue weighted by molar-refractivity contribution is -0.126. The molecule has 3 aromatic rings. The molecule has 0 radical (unpaired) electrons. The minimum atomic E-state index is -0.362. The van der Waals surface area contributed by atoms with E-state index in [1.54, 1.807) is 6.92 Å². The number of nitrogens with zero attached hydrogens (tertiary/aromatic N) is 1. The van der Waals surface area contributed by atoms with E-state index in [2.05, 4.69) is 38.5 Å². The largest absolute Gasteiger partial charge is 0.361 e. The highest BCUT2D eigenvalue weighted by Crippen LogP contribution is 2.25. The van der Waals surface area contributed by atoms with Crippen molar-refractivity contribution in [2.75, 3.05) is 0 Å². The number of nitrogens with one attached hydrogen (secondary N) is 3. The zero-order valence-corrected chi connectivity index (χ0v) is 15.9. The summed E-state index contributed by atoms with van der Waals surface area (Å²) in [5.74, 6) is 0.536. The number of aromatic amines is 2. The van der Waals surface area contributed by atoms with Crippen LogP contribution >= 0.6 is 0 Å². The van der Waals surface area contributed by atoms with Crippen molar-refractivity contribution in [3.63, 3.8) is 0 Å². The van der Waals surface area contributed by atoms with E-state index in [1.807, 2.05) is 24.4 Å². The van der Waals surface area contributed by atoms with E-state index >= 15 is 0 Å². The van der Waals surface area contributed by atoms with Crippen LogP contribution in [0.4, 0.5) is 0 Å². The molecule has 6 nitrogen and oxygen atoms in total. The second-order valence-corrected chi connectivity index (χ2v) is 7.36. The fraction of sp³-hybridized carbons (Fsp3) is 0.318. The number of benzene rings is 1. The van der Waals surface area contributed by atoms with E-state index in [0.717, 1.165) is 35.7 Å². The number of H-pyrrole nitrogens is 2. The van der Waals surface area contributed by atoms with Gasteiger partial charge in [-0.2, -0.15) is 0 Å². The molecule has 2 heterocycles. The summed E-state index contributed by atoms with van der Waals surface area (Å²) in [5, 5.41) is 4.27. The first kappa shape index (κ1) is 18.2. The molecule has 0 spiro atoms. The molecule has 6 heteroatoms. The lowest BCUT2D eigenvalue weighted by atomic mass is 9.92. The molecule has 144 valence electrons. The van der Waals surface area contributed by atoms with Gasteiger partial charge in [-0.1, -0.05) is 30.4 Å². The number of aryl methyl sites for hydroxylation is 1. The van der Waals surface area contributed by atoms with Crippen LogP contribution in [-0.4, -0.2) is 20.9 Å². The lowest BCUT2D eigenvalue weighted by Gasteiger charge is -2.23. The summed E-state index contributed by atoms with van der Waals surface area (Å²) in [6, 6.07) is 9.18. The van der Waals surface area contributed by atoms with Crippen LogP contribution in [0, 0.1) is 12.8 Å². The number of carbonyl (C=O) groups is 1. The number of aromatic nitrogens is 3. The van der Waals surface area contributed by atoms with Crippen LogP contribution in [0.1, 0.15) is 42.4 Å². The van der Waals surface area contributed by atoms with Crippen LogP contribution in [0.15, 0.2) is 53.5 Å². The van der Waals surface area contributed by atoms with Gasteiger partial charge in [-0.15, -0.1) is 0 Å². The molecule has 0 fully saturated rings. The number of fused-ring (bicyclic) bond motifs is 1. The lowest BCUT2D eigenvalue weighted by Crippen LogP contribution is -2.36. The molecule has 1 aliphatic rings. The van der Waals surface area contributed by atoms with E-state index in [4.69, 9.17) is 0 Å². The van der Waals surface area contributed by atoms with E-state index < -0.39 is 0 Å². The van der Waals surface area contributed by atoms with Gasteiger partial charge < -0.3 is 15.3 Å². The fourth-order valence-corrected chi connectivity index (χ4v) is 3.85. The standard InChI is InChI=1S/C22H24N4O2/c1-14-24-20(12-21(27)25-14)19(26-22(28)15-7-3-2-4-8-15)11-16-13-23-18-10-6-5-9-17(16)18/h2-3,5-6,9-10,12-13,15,19,23H,4,7-8,11H2,1H3,(H,26,28)(H,24,25,27)/t15-,19+/m0/s1. The van der Waals surface area contributed by atoms with Gasteiger partial charge in [0, 0.05) is 35.5 Å². The molecule has 0 bridgehead atoms. The molecule has 2 aromatic heterocycles. The molecule has 0 saturated heterocycles. The molecule has 4 rings (SSSR count). The third-order valence-corrected chi connectivity index (χ3v) is 5.29. The van der Waals surface area contributed by atoms with Crippen LogP contribution in [0.5, 0.6) is 0 Å². The Morgan fingerprint density at radius 2 is 2.18 bits per heavy atom. The van der Waals surface area contributed by atoms with Gasteiger partial charge in [0.1, 0.15) is 5.82 Å². The first-order valence-electron chi connectivity index (χ1n) is 9.68. The molecular weight excluding hydrogens is 352 g/mol. The molecule has 1 aromatic carbocycles. The smallest absolute Gasteiger partial charge is 0.251 e. The Bertz CT molecular complexity index is 1080. The zero-order valence-electron chi connectivity index (χ0n) is 15.9. The average molecular weight is 376 g/mol. The van der Waals surface area contributed by atoms with Crippen molar-refractivity contribution in [1.82, 2.24) is 20.3 Å². The molecule has 0 unspecified atom stereocenters. The number of carbonyl (C=O) groups excluding carboxylic acids is 1. The maximum Gasteiger partial charge on any atom is 0.251 e. The van der Waals surface area contributed by atoms with Crippen LogP contribution in [0.25, 0.3) is 10.9 Å². The summed E-state index contributed by atoms with van der Waals surface area (Å²) < 4.78 is 0. The predicted molar refractivity (Wildman–Crippen MR) is 109 cm³/mol. The topological polar surface area (TPSA) is 90.6 Å².